The Morgan fingerprint density at radius 1 is 0.576 bits per heavy atom. The summed E-state index contributed by atoms with van der Waals surface area (Å²) in [6, 6.07) is 43.3. The molecule has 3 aromatic heterocycles. The van der Waals surface area contributed by atoms with Crippen LogP contribution in [0.3, 0.4) is 0 Å². The Kier molecular flexibility index (Phi) is 9.79. The highest BCUT2D eigenvalue weighted by molar-refractivity contribution is 5.85. The van der Waals surface area contributed by atoms with Gasteiger partial charge in [-0.1, -0.05) is 116 Å². The standard InChI is InChI=1S/C26H29N3.C25H23N5/c1-2-29-16-13-24-21(18-29)17-23(19-7-4-3-5-8-19)25(28-24)20-9-11-22(12-10-20)26(27)14-6-15-26;26-25(12-4-13-25)19-9-7-18(8-10-19)23-20(17-5-2-1-3-6-17)15-21-22(28-23)11-14-30-16-27-29-24(21)30/h3-5,7-12,17H,2,6,13-16,18,27H2,1H3;1-3,5-10,15-16H,4,11-14,26H2. The van der Waals surface area contributed by atoms with Crippen molar-refractivity contribution in [1.82, 2.24) is 29.6 Å². The highest BCUT2D eigenvalue weighted by Gasteiger charge is 2.35. The average Bonchev–Trinajstić information content (AvgIpc) is 3.77. The molecule has 0 saturated heterocycles. The number of hydrogen-bond acceptors (Lipinski definition) is 7. The first-order valence-electron chi connectivity index (χ1n) is 21.5. The molecule has 296 valence electrons. The van der Waals surface area contributed by atoms with E-state index in [1.165, 1.54) is 51.9 Å². The van der Waals surface area contributed by atoms with Crippen LogP contribution < -0.4 is 11.5 Å². The second-order valence-corrected chi connectivity index (χ2v) is 17.0. The van der Waals surface area contributed by atoms with E-state index in [9.17, 15) is 0 Å². The molecule has 0 unspecified atom stereocenters. The first kappa shape index (κ1) is 37.5. The van der Waals surface area contributed by atoms with Crippen molar-refractivity contribution in [2.45, 2.75) is 82.5 Å². The Morgan fingerprint density at radius 2 is 1.10 bits per heavy atom. The maximum atomic E-state index is 6.53. The molecule has 2 aliphatic heterocycles. The fourth-order valence-corrected chi connectivity index (χ4v) is 9.32. The van der Waals surface area contributed by atoms with Crippen LogP contribution >= 0.6 is 0 Å². The van der Waals surface area contributed by atoms with Crippen molar-refractivity contribution in [3.05, 3.63) is 156 Å². The number of aryl methyl sites for hydroxylation is 2. The number of aromatic nitrogens is 5. The molecule has 0 atom stereocenters. The molecule has 2 fully saturated rings. The van der Waals surface area contributed by atoms with Crippen LogP contribution in [0.1, 0.15) is 73.5 Å². The molecule has 0 bridgehead atoms. The van der Waals surface area contributed by atoms with E-state index >= 15 is 0 Å². The first-order valence-corrected chi connectivity index (χ1v) is 21.5. The smallest absolute Gasteiger partial charge is 0.165 e. The fraction of sp³-hybridized carbons (Fsp3) is 0.294. The van der Waals surface area contributed by atoms with Crippen molar-refractivity contribution in [2.24, 2.45) is 11.5 Å². The van der Waals surface area contributed by atoms with Gasteiger partial charge >= 0.3 is 0 Å². The fourth-order valence-electron chi connectivity index (χ4n) is 9.32. The Labute approximate surface area is 347 Å². The van der Waals surface area contributed by atoms with E-state index in [-0.39, 0.29) is 11.1 Å². The molecule has 8 nitrogen and oxygen atoms in total. The normalized spacial score (nSPS) is 17.3. The van der Waals surface area contributed by atoms with E-state index in [0.717, 1.165) is 110 Å². The Hall–Kier alpha value is -5.80. The summed E-state index contributed by atoms with van der Waals surface area (Å²) in [6.07, 6.45) is 10.5. The summed E-state index contributed by atoms with van der Waals surface area (Å²) in [5.41, 5.74) is 29.2. The van der Waals surface area contributed by atoms with Gasteiger partial charge in [0.15, 0.2) is 5.82 Å². The zero-order valence-electron chi connectivity index (χ0n) is 33.9. The minimum Gasteiger partial charge on any atom is -0.321 e. The molecule has 11 rings (SSSR count). The summed E-state index contributed by atoms with van der Waals surface area (Å²) in [4.78, 5) is 12.8. The number of likely N-dealkylation sites (N-methyl/N-ethyl adjacent to an activating group) is 1. The predicted molar refractivity (Wildman–Crippen MR) is 237 cm³/mol. The van der Waals surface area contributed by atoms with Crippen molar-refractivity contribution in [1.29, 1.82) is 0 Å². The van der Waals surface area contributed by atoms with Gasteiger partial charge in [-0.05, 0) is 85.0 Å². The van der Waals surface area contributed by atoms with E-state index < -0.39 is 0 Å². The van der Waals surface area contributed by atoms with Gasteiger partial charge in [-0.2, -0.15) is 0 Å². The number of pyridine rings is 2. The minimum atomic E-state index is -0.145. The molecule has 0 spiro atoms. The average molecular weight is 777 g/mol. The van der Waals surface area contributed by atoms with Gasteiger partial charge in [0.1, 0.15) is 6.33 Å². The molecule has 8 heteroatoms. The minimum absolute atomic E-state index is 0.117. The van der Waals surface area contributed by atoms with E-state index in [1.807, 2.05) is 6.07 Å². The third-order valence-electron chi connectivity index (χ3n) is 13.4. The molecule has 2 saturated carbocycles. The number of fused-ring (bicyclic) bond motifs is 4. The lowest BCUT2D eigenvalue weighted by atomic mass is 9.72. The molecular weight excluding hydrogens is 725 g/mol. The lowest BCUT2D eigenvalue weighted by Gasteiger charge is -2.38. The van der Waals surface area contributed by atoms with Gasteiger partial charge in [0.25, 0.3) is 0 Å². The summed E-state index contributed by atoms with van der Waals surface area (Å²) >= 11 is 0. The summed E-state index contributed by atoms with van der Waals surface area (Å²) in [5.74, 6) is 0.901. The third-order valence-corrected chi connectivity index (χ3v) is 13.4. The van der Waals surface area contributed by atoms with E-state index in [2.05, 4.69) is 142 Å². The SMILES string of the molecule is CCN1CCc2nc(-c3ccc(C4(N)CCC4)cc3)c(-c3ccccc3)cc2C1.NC1(c2ccc(-c3nc4c(cc3-c3ccccc3)-c3nncn3CC4)cc2)CCC1. The second-order valence-electron chi connectivity index (χ2n) is 17.0. The van der Waals surface area contributed by atoms with E-state index in [0.29, 0.717) is 0 Å². The molecular formula is C51H52N8. The second kappa shape index (κ2) is 15.4. The first-order chi connectivity index (χ1) is 28.9. The molecule has 5 heterocycles. The van der Waals surface area contributed by atoms with Gasteiger partial charge in [-0.3, -0.25) is 14.9 Å². The molecule has 4 N–H and O–H groups in total. The summed E-state index contributed by atoms with van der Waals surface area (Å²) < 4.78 is 2.10. The van der Waals surface area contributed by atoms with Crippen LogP contribution in [0.5, 0.6) is 0 Å². The highest BCUT2D eigenvalue weighted by Crippen LogP contribution is 2.42. The van der Waals surface area contributed by atoms with Crippen molar-refractivity contribution in [3.63, 3.8) is 0 Å². The molecule has 7 aromatic rings. The van der Waals surface area contributed by atoms with Crippen LogP contribution in [0, 0.1) is 0 Å². The topological polar surface area (TPSA) is 112 Å². The van der Waals surface area contributed by atoms with Crippen LogP contribution in [0.4, 0.5) is 0 Å². The van der Waals surface area contributed by atoms with Crippen molar-refractivity contribution >= 4 is 0 Å². The van der Waals surface area contributed by atoms with Gasteiger partial charge in [0, 0.05) is 77.1 Å². The van der Waals surface area contributed by atoms with Crippen molar-refractivity contribution in [3.8, 4) is 56.2 Å². The van der Waals surface area contributed by atoms with Crippen LogP contribution in [-0.4, -0.2) is 42.7 Å². The zero-order chi connectivity index (χ0) is 40.0. The maximum absolute atomic E-state index is 6.53. The van der Waals surface area contributed by atoms with Gasteiger partial charge in [0.05, 0.1) is 17.1 Å². The van der Waals surface area contributed by atoms with Gasteiger partial charge in [0.2, 0.25) is 0 Å². The molecule has 4 aliphatic rings. The number of nitrogens with two attached hydrogens (primary N) is 2. The zero-order valence-corrected chi connectivity index (χ0v) is 33.9. The molecule has 0 radical (unpaired) electrons. The van der Waals surface area contributed by atoms with E-state index in [4.69, 9.17) is 21.4 Å². The molecule has 2 aliphatic carbocycles. The van der Waals surface area contributed by atoms with Crippen LogP contribution in [0.2, 0.25) is 0 Å². The lowest BCUT2D eigenvalue weighted by molar-refractivity contribution is 0.253. The number of benzene rings is 4. The molecule has 4 aromatic carbocycles. The monoisotopic (exact) mass is 776 g/mol. The Bertz CT molecular complexity index is 2590. The van der Waals surface area contributed by atoms with Gasteiger partial charge in [-0.15, -0.1) is 10.2 Å². The summed E-state index contributed by atoms with van der Waals surface area (Å²) in [6.45, 7) is 6.27. The maximum Gasteiger partial charge on any atom is 0.165 e. The lowest BCUT2D eigenvalue weighted by Crippen LogP contribution is -2.43. The van der Waals surface area contributed by atoms with Crippen LogP contribution in [-0.2, 0) is 37.0 Å². The predicted octanol–water partition coefficient (Wildman–Crippen LogP) is 9.70. The molecule has 59 heavy (non-hydrogen) atoms. The van der Waals surface area contributed by atoms with E-state index in [1.54, 1.807) is 6.33 Å². The largest absolute Gasteiger partial charge is 0.321 e. The van der Waals surface area contributed by atoms with Crippen molar-refractivity contribution < 1.29 is 0 Å². The van der Waals surface area contributed by atoms with Crippen LogP contribution in [0.15, 0.2) is 128 Å². The highest BCUT2D eigenvalue weighted by atomic mass is 15.3. The number of rotatable bonds is 7. The van der Waals surface area contributed by atoms with Gasteiger partial charge < -0.3 is 16.0 Å². The van der Waals surface area contributed by atoms with Gasteiger partial charge in [-0.25, -0.2) is 0 Å². The molecule has 0 amide bonds. The summed E-state index contributed by atoms with van der Waals surface area (Å²) in [7, 11) is 0. The third kappa shape index (κ3) is 7.09. The van der Waals surface area contributed by atoms with Crippen molar-refractivity contribution in [2.75, 3.05) is 13.1 Å². The number of nitrogens with zero attached hydrogens (tertiary/aromatic N) is 6. The quantitative estimate of drug-likeness (QED) is 0.166. The number of hydrogen-bond donors (Lipinski definition) is 2. The Morgan fingerprint density at radius 3 is 1.63 bits per heavy atom. The van der Waals surface area contributed by atoms with Crippen LogP contribution in [0.25, 0.3) is 56.2 Å². The Balaban J connectivity index is 0.000000143. The summed E-state index contributed by atoms with van der Waals surface area (Å²) in [5, 5.41) is 8.45.